The van der Waals surface area contributed by atoms with E-state index in [-0.39, 0.29) is 5.56 Å². The zero-order chi connectivity index (χ0) is 11.0. The molecule has 1 aromatic heterocycles. The third kappa shape index (κ3) is 1.61. The molecule has 0 aromatic carbocycles. The Balaban J connectivity index is 1.96. The molecule has 2 aliphatic rings. The van der Waals surface area contributed by atoms with Crippen LogP contribution in [0.2, 0.25) is 0 Å². The van der Waals surface area contributed by atoms with E-state index in [0.717, 1.165) is 36.8 Å². The van der Waals surface area contributed by atoms with E-state index in [1.54, 1.807) is 0 Å². The maximum atomic E-state index is 11.8. The molecule has 1 saturated heterocycles. The summed E-state index contributed by atoms with van der Waals surface area (Å²) in [5, 5.41) is 3.16. The molecule has 5 heteroatoms. The number of hydrogen-bond donors (Lipinski definition) is 2. The van der Waals surface area contributed by atoms with Gasteiger partial charge in [0.2, 0.25) is 5.95 Å². The summed E-state index contributed by atoms with van der Waals surface area (Å²) in [5.41, 5.74) is 1.75. The van der Waals surface area contributed by atoms with Crippen LogP contribution in [0.4, 0.5) is 5.95 Å². The van der Waals surface area contributed by atoms with Gasteiger partial charge in [-0.1, -0.05) is 0 Å². The van der Waals surface area contributed by atoms with Crippen molar-refractivity contribution in [3.63, 3.8) is 0 Å². The van der Waals surface area contributed by atoms with Gasteiger partial charge in [0, 0.05) is 26.2 Å². The first-order valence-corrected chi connectivity index (χ1v) is 5.92. The smallest absolute Gasteiger partial charge is 0.257 e. The van der Waals surface area contributed by atoms with E-state index in [9.17, 15) is 4.79 Å². The van der Waals surface area contributed by atoms with Crippen LogP contribution in [-0.4, -0.2) is 23.1 Å². The maximum absolute atomic E-state index is 11.8. The molecule has 0 atom stereocenters. The summed E-state index contributed by atoms with van der Waals surface area (Å²) < 4.78 is 0. The van der Waals surface area contributed by atoms with Crippen LogP contribution in [0.5, 0.6) is 0 Å². The van der Waals surface area contributed by atoms with Gasteiger partial charge in [-0.2, -0.15) is 0 Å². The molecule has 16 heavy (non-hydrogen) atoms. The van der Waals surface area contributed by atoms with Gasteiger partial charge in [-0.3, -0.25) is 9.78 Å². The summed E-state index contributed by atoms with van der Waals surface area (Å²) in [7, 11) is 0. The normalized spacial score (nSPS) is 19.9. The number of nitrogens with zero attached hydrogens (tertiary/aromatic N) is 2. The SMILES string of the molecule is O=c1[nH]c(N2CCCCC2)nc2c1CNC2. The van der Waals surface area contributed by atoms with Gasteiger partial charge < -0.3 is 10.2 Å². The van der Waals surface area contributed by atoms with E-state index in [0.29, 0.717) is 6.54 Å². The lowest BCUT2D eigenvalue weighted by atomic mass is 10.1. The minimum Gasteiger partial charge on any atom is -0.342 e. The molecule has 0 saturated carbocycles. The van der Waals surface area contributed by atoms with Crippen LogP contribution in [0.3, 0.4) is 0 Å². The first-order chi connectivity index (χ1) is 7.84. The van der Waals surface area contributed by atoms with Gasteiger partial charge in [-0.05, 0) is 19.3 Å². The number of H-pyrrole nitrogens is 1. The lowest BCUT2D eigenvalue weighted by Gasteiger charge is -2.27. The Kier molecular flexibility index (Phi) is 2.40. The monoisotopic (exact) mass is 220 g/mol. The average molecular weight is 220 g/mol. The van der Waals surface area contributed by atoms with E-state index in [4.69, 9.17) is 0 Å². The Labute approximate surface area is 93.9 Å². The van der Waals surface area contributed by atoms with E-state index in [1.165, 1.54) is 19.3 Å². The van der Waals surface area contributed by atoms with E-state index >= 15 is 0 Å². The first kappa shape index (κ1) is 9.84. The van der Waals surface area contributed by atoms with Gasteiger partial charge >= 0.3 is 0 Å². The molecular formula is C11H16N4O. The van der Waals surface area contributed by atoms with Crippen molar-refractivity contribution in [2.45, 2.75) is 32.4 Å². The fourth-order valence-corrected chi connectivity index (χ4v) is 2.42. The van der Waals surface area contributed by atoms with Crippen molar-refractivity contribution in [3.05, 3.63) is 21.6 Å². The maximum Gasteiger partial charge on any atom is 0.257 e. The number of anilines is 1. The van der Waals surface area contributed by atoms with Crippen LogP contribution in [0, 0.1) is 0 Å². The molecule has 0 spiro atoms. The Hall–Kier alpha value is -1.36. The summed E-state index contributed by atoms with van der Waals surface area (Å²) in [4.78, 5) is 21.4. The fraction of sp³-hybridized carbons (Fsp3) is 0.636. The van der Waals surface area contributed by atoms with Crippen LogP contribution >= 0.6 is 0 Å². The van der Waals surface area contributed by atoms with Crippen molar-refractivity contribution in [1.29, 1.82) is 0 Å². The van der Waals surface area contributed by atoms with Crippen molar-refractivity contribution in [3.8, 4) is 0 Å². The number of aromatic amines is 1. The van der Waals surface area contributed by atoms with Crippen molar-refractivity contribution in [2.24, 2.45) is 0 Å². The Bertz CT molecular complexity index is 448. The number of hydrogen-bond acceptors (Lipinski definition) is 4. The molecule has 86 valence electrons. The topological polar surface area (TPSA) is 61.0 Å². The quantitative estimate of drug-likeness (QED) is 0.717. The Morgan fingerprint density at radius 3 is 2.75 bits per heavy atom. The molecule has 2 aliphatic heterocycles. The highest BCUT2D eigenvalue weighted by Crippen LogP contribution is 2.16. The van der Waals surface area contributed by atoms with Crippen LogP contribution in [0.25, 0.3) is 0 Å². The molecule has 3 heterocycles. The number of nitrogens with one attached hydrogen (secondary N) is 2. The Morgan fingerprint density at radius 2 is 1.94 bits per heavy atom. The minimum absolute atomic E-state index is 0.0237. The summed E-state index contributed by atoms with van der Waals surface area (Å²) in [5.74, 6) is 0.757. The number of rotatable bonds is 1. The molecule has 2 N–H and O–H groups in total. The van der Waals surface area contributed by atoms with Crippen LogP contribution < -0.4 is 15.8 Å². The molecule has 0 radical (unpaired) electrons. The van der Waals surface area contributed by atoms with Crippen molar-refractivity contribution in [1.82, 2.24) is 15.3 Å². The van der Waals surface area contributed by atoms with E-state index < -0.39 is 0 Å². The largest absolute Gasteiger partial charge is 0.342 e. The second-order valence-corrected chi connectivity index (χ2v) is 4.47. The molecule has 0 bridgehead atoms. The van der Waals surface area contributed by atoms with Crippen molar-refractivity contribution < 1.29 is 0 Å². The second-order valence-electron chi connectivity index (χ2n) is 4.47. The van der Waals surface area contributed by atoms with Crippen LogP contribution in [0.15, 0.2) is 4.79 Å². The van der Waals surface area contributed by atoms with E-state index in [1.807, 2.05) is 0 Å². The van der Waals surface area contributed by atoms with Gasteiger partial charge in [0.05, 0.1) is 11.3 Å². The van der Waals surface area contributed by atoms with Gasteiger partial charge in [0.25, 0.3) is 5.56 Å². The lowest BCUT2D eigenvalue weighted by molar-refractivity contribution is 0.566. The average Bonchev–Trinajstić information content (AvgIpc) is 2.79. The summed E-state index contributed by atoms with van der Waals surface area (Å²) in [6.07, 6.45) is 3.67. The zero-order valence-corrected chi connectivity index (χ0v) is 9.25. The molecule has 0 unspecified atom stereocenters. The molecule has 3 rings (SSSR count). The fourth-order valence-electron chi connectivity index (χ4n) is 2.42. The van der Waals surface area contributed by atoms with Gasteiger partial charge in [0.1, 0.15) is 0 Å². The third-order valence-electron chi connectivity index (χ3n) is 3.34. The number of piperidine rings is 1. The highest BCUT2D eigenvalue weighted by atomic mass is 16.1. The predicted molar refractivity (Wildman–Crippen MR) is 61.5 cm³/mol. The standard InChI is InChI=1S/C11H16N4O/c16-10-8-6-12-7-9(8)13-11(14-10)15-4-2-1-3-5-15/h12H,1-7H2,(H,13,14,16). The highest BCUT2D eigenvalue weighted by Gasteiger charge is 2.19. The minimum atomic E-state index is 0.0237. The van der Waals surface area contributed by atoms with Crippen molar-refractivity contribution >= 4 is 5.95 Å². The molecule has 5 nitrogen and oxygen atoms in total. The zero-order valence-electron chi connectivity index (χ0n) is 9.25. The van der Waals surface area contributed by atoms with Gasteiger partial charge in [-0.15, -0.1) is 0 Å². The first-order valence-electron chi connectivity index (χ1n) is 5.92. The second kappa shape index (κ2) is 3.90. The van der Waals surface area contributed by atoms with Crippen LogP contribution in [0.1, 0.15) is 30.5 Å². The van der Waals surface area contributed by atoms with Gasteiger partial charge in [0.15, 0.2) is 0 Å². The van der Waals surface area contributed by atoms with E-state index in [2.05, 4.69) is 20.2 Å². The number of fused-ring (bicyclic) bond motifs is 1. The number of aromatic nitrogens is 2. The third-order valence-corrected chi connectivity index (χ3v) is 3.34. The predicted octanol–water partition coefficient (Wildman–Crippen LogP) is 0.363. The lowest BCUT2D eigenvalue weighted by Crippen LogP contribution is -2.33. The van der Waals surface area contributed by atoms with Crippen LogP contribution in [-0.2, 0) is 13.1 Å². The summed E-state index contributed by atoms with van der Waals surface area (Å²) in [6, 6.07) is 0. The molecule has 1 aromatic rings. The summed E-state index contributed by atoms with van der Waals surface area (Å²) >= 11 is 0. The molecule has 1 fully saturated rings. The molecular weight excluding hydrogens is 204 g/mol. The molecule has 0 aliphatic carbocycles. The molecule has 0 amide bonds. The van der Waals surface area contributed by atoms with Gasteiger partial charge in [-0.25, -0.2) is 4.98 Å². The van der Waals surface area contributed by atoms with Crippen molar-refractivity contribution in [2.75, 3.05) is 18.0 Å². The Morgan fingerprint density at radius 1 is 1.12 bits per heavy atom. The summed E-state index contributed by atoms with van der Waals surface area (Å²) in [6.45, 7) is 3.39. The highest BCUT2D eigenvalue weighted by molar-refractivity contribution is 5.35.